The van der Waals surface area contributed by atoms with Crippen LogP contribution in [-0.4, -0.2) is 74.9 Å². The average molecular weight is 374 g/mol. The van der Waals surface area contributed by atoms with Gasteiger partial charge in [0.25, 0.3) is 0 Å². The molecule has 1 aromatic carbocycles. The van der Waals surface area contributed by atoms with Gasteiger partial charge in [0, 0.05) is 39.8 Å². The largest absolute Gasteiger partial charge is 0.497 e. The highest BCUT2D eigenvalue weighted by Crippen LogP contribution is 2.48. The predicted molar refractivity (Wildman–Crippen MR) is 102 cm³/mol. The topological polar surface area (TPSA) is 51.2 Å². The van der Waals surface area contributed by atoms with Gasteiger partial charge in [-0.05, 0) is 37.0 Å². The summed E-state index contributed by atoms with van der Waals surface area (Å²) in [6.07, 6.45) is 3.01. The number of hydrogen-bond acceptors (Lipinski definition) is 5. The lowest BCUT2D eigenvalue weighted by molar-refractivity contribution is -0.153. The molecule has 2 bridgehead atoms. The van der Waals surface area contributed by atoms with Gasteiger partial charge in [0.1, 0.15) is 5.75 Å². The molecule has 0 radical (unpaired) electrons. The number of rotatable bonds is 6. The van der Waals surface area contributed by atoms with E-state index in [0.29, 0.717) is 13.2 Å². The number of carbonyl (C=O) groups excluding carboxylic acids is 1. The molecule has 0 aliphatic carbocycles. The number of amides is 1. The Morgan fingerprint density at radius 2 is 2.19 bits per heavy atom. The summed E-state index contributed by atoms with van der Waals surface area (Å²) in [5, 5.41) is 0. The minimum atomic E-state index is -0.334. The van der Waals surface area contributed by atoms with Gasteiger partial charge in [0.05, 0.1) is 31.3 Å². The minimum absolute atomic E-state index is 0.000275. The number of nitrogens with zero attached hydrogens (tertiary/aromatic N) is 2. The first-order chi connectivity index (χ1) is 13.1. The van der Waals surface area contributed by atoms with Crippen LogP contribution in [0.4, 0.5) is 0 Å². The lowest BCUT2D eigenvalue weighted by Gasteiger charge is -2.42. The maximum atomic E-state index is 13.3. The first-order valence-electron chi connectivity index (χ1n) is 9.94. The Bertz CT molecular complexity index is 682. The zero-order valence-corrected chi connectivity index (χ0v) is 16.4. The van der Waals surface area contributed by atoms with Crippen molar-refractivity contribution in [1.82, 2.24) is 9.80 Å². The molecule has 1 amide bonds. The SMILES string of the molecule is COCCN1CCC[C@@]2(C[C@H]3CN(Cc4cccc(OC)c4)C[C@H]2O3)C1=O. The molecule has 1 aromatic rings. The summed E-state index contributed by atoms with van der Waals surface area (Å²) in [6.45, 7) is 4.69. The van der Waals surface area contributed by atoms with Crippen LogP contribution in [0.3, 0.4) is 0 Å². The molecule has 27 heavy (non-hydrogen) atoms. The molecule has 1 spiro atoms. The monoisotopic (exact) mass is 374 g/mol. The quantitative estimate of drug-likeness (QED) is 0.762. The van der Waals surface area contributed by atoms with E-state index >= 15 is 0 Å². The average Bonchev–Trinajstić information content (AvgIpc) is 2.93. The number of hydrogen-bond donors (Lipinski definition) is 0. The van der Waals surface area contributed by atoms with Crippen LogP contribution >= 0.6 is 0 Å². The molecule has 6 nitrogen and oxygen atoms in total. The molecule has 6 heteroatoms. The smallest absolute Gasteiger partial charge is 0.231 e. The first kappa shape index (κ1) is 18.7. The molecule has 3 aliphatic heterocycles. The van der Waals surface area contributed by atoms with Crippen molar-refractivity contribution in [2.45, 2.75) is 38.0 Å². The highest BCUT2D eigenvalue weighted by atomic mass is 16.5. The molecule has 0 N–H and O–H groups in total. The number of carbonyl (C=O) groups is 1. The predicted octanol–water partition coefficient (Wildman–Crippen LogP) is 1.92. The van der Waals surface area contributed by atoms with E-state index in [1.807, 2.05) is 17.0 Å². The highest BCUT2D eigenvalue weighted by Gasteiger charge is 2.58. The zero-order chi connectivity index (χ0) is 18.9. The van der Waals surface area contributed by atoms with Crippen molar-refractivity contribution >= 4 is 5.91 Å². The number of piperidine rings is 1. The van der Waals surface area contributed by atoms with E-state index in [0.717, 1.165) is 51.2 Å². The molecule has 3 atom stereocenters. The summed E-state index contributed by atoms with van der Waals surface area (Å²) in [5.74, 6) is 1.16. The number of morpholine rings is 1. The lowest BCUT2D eigenvalue weighted by atomic mass is 9.73. The van der Waals surface area contributed by atoms with Crippen LogP contribution in [0.1, 0.15) is 24.8 Å². The van der Waals surface area contributed by atoms with Gasteiger partial charge in [-0.2, -0.15) is 0 Å². The van der Waals surface area contributed by atoms with Gasteiger partial charge in [-0.15, -0.1) is 0 Å². The molecule has 0 aromatic heterocycles. The summed E-state index contributed by atoms with van der Waals surface area (Å²) >= 11 is 0. The van der Waals surface area contributed by atoms with Crippen LogP contribution < -0.4 is 4.74 Å². The molecule has 3 saturated heterocycles. The van der Waals surface area contributed by atoms with Gasteiger partial charge in [0.2, 0.25) is 5.91 Å². The Balaban J connectivity index is 1.46. The number of ether oxygens (including phenoxy) is 3. The van der Waals surface area contributed by atoms with E-state index < -0.39 is 0 Å². The van der Waals surface area contributed by atoms with Crippen molar-refractivity contribution in [1.29, 1.82) is 0 Å². The minimum Gasteiger partial charge on any atom is -0.497 e. The molecular formula is C21H30N2O4. The van der Waals surface area contributed by atoms with Gasteiger partial charge in [-0.1, -0.05) is 12.1 Å². The van der Waals surface area contributed by atoms with E-state index in [9.17, 15) is 4.79 Å². The lowest BCUT2D eigenvalue weighted by Crippen LogP contribution is -2.55. The first-order valence-corrected chi connectivity index (χ1v) is 9.94. The molecule has 3 fully saturated rings. The fourth-order valence-electron chi connectivity index (χ4n) is 5.04. The summed E-state index contributed by atoms with van der Waals surface area (Å²) < 4.78 is 16.8. The molecule has 0 unspecified atom stereocenters. The molecule has 148 valence electrons. The molecule has 0 saturated carbocycles. The van der Waals surface area contributed by atoms with Crippen LogP contribution in [-0.2, 0) is 20.8 Å². The van der Waals surface area contributed by atoms with E-state index in [1.54, 1.807) is 14.2 Å². The summed E-state index contributed by atoms with van der Waals surface area (Å²) in [6, 6.07) is 8.22. The third-order valence-electron chi connectivity index (χ3n) is 6.32. The van der Waals surface area contributed by atoms with E-state index in [2.05, 4.69) is 17.0 Å². The summed E-state index contributed by atoms with van der Waals surface area (Å²) in [5.41, 5.74) is 0.904. The van der Waals surface area contributed by atoms with Crippen molar-refractivity contribution in [3.63, 3.8) is 0 Å². The second-order valence-corrected chi connectivity index (χ2v) is 8.04. The zero-order valence-electron chi connectivity index (χ0n) is 16.4. The Kier molecular flexibility index (Phi) is 5.39. The number of fused-ring (bicyclic) bond motifs is 3. The van der Waals surface area contributed by atoms with Crippen LogP contribution in [0, 0.1) is 5.41 Å². The van der Waals surface area contributed by atoms with Gasteiger partial charge in [-0.25, -0.2) is 0 Å². The molecular weight excluding hydrogens is 344 g/mol. The van der Waals surface area contributed by atoms with Crippen LogP contribution in [0.25, 0.3) is 0 Å². The Morgan fingerprint density at radius 3 is 3.00 bits per heavy atom. The van der Waals surface area contributed by atoms with Gasteiger partial charge < -0.3 is 19.1 Å². The Labute approximate surface area is 161 Å². The fourth-order valence-corrected chi connectivity index (χ4v) is 5.04. The standard InChI is InChI=1S/C21H30N2O4/c1-25-10-9-23-8-4-7-21(20(23)24)12-18-14-22(15-19(21)27-18)13-16-5-3-6-17(11-16)26-2/h3,5-6,11,18-19H,4,7-10,12-15H2,1-2H3/t18-,19+,21-/m0/s1. The van der Waals surface area contributed by atoms with Crippen molar-refractivity contribution in [3.8, 4) is 5.75 Å². The van der Waals surface area contributed by atoms with E-state index in [1.165, 1.54) is 5.56 Å². The van der Waals surface area contributed by atoms with Crippen molar-refractivity contribution in [2.75, 3.05) is 47.0 Å². The number of benzene rings is 1. The Hall–Kier alpha value is -1.63. The van der Waals surface area contributed by atoms with Gasteiger partial charge in [-0.3, -0.25) is 9.69 Å². The highest BCUT2D eigenvalue weighted by molar-refractivity contribution is 5.84. The number of methoxy groups -OCH3 is 2. The van der Waals surface area contributed by atoms with E-state index in [4.69, 9.17) is 14.2 Å². The van der Waals surface area contributed by atoms with Gasteiger partial charge >= 0.3 is 0 Å². The molecule has 4 rings (SSSR count). The second kappa shape index (κ2) is 7.78. The fraction of sp³-hybridized carbons (Fsp3) is 0.667. The summed E-state index contributed by atoms with van der Waals surface area (Å²) in [7, 11) is 3.38. The van der Waals surface area contributed by atoms with Crippen molar-refractivity contribution in [3.05, 3.63) is 29.8 Å². The second-order valence-electron chi connectivity index (χ2n) is 8.04. The third-order valence-corrected chi connectivity index (χ3v) is 6.32. The Morgan fingerprint density at radius 1 is 1.30 bits per heavy atom. The maximum Gasteiger partial charge on any atom is 0.231 e. The normalized spacial score (nSPS) is 30.9. The van der Waals surface area contributed by atoms with Crippen LogP contribution in [0.2, 0.25) is 0 Å². The van der Waals surface area contributed by atoms with Crippen molar-refractivity contribution < 1.29 is 19.0 Å². The summed E-state index contributed by atoms with van der Waals surface area (Å²) in [4.78, 5) is 17.7. The van der Waals surface area contributed by atoms with Crippen molar-refractivity contribution in [2.24, 2.45) is 5.41 Å². The third kappa shape index (κ3) is 3.58. The van der Waals surface area contributed by atoms with Crippen LogP contribution in [0.15, 0.2) is 24.3 Å². The van der Waals surface area contributed by atoms with E-state index in [-0.39, 0.29) is 23.5 Å². The molecule has 3 aliphatic rings. The molecule has 3 heterocycles. The maximum absolute atomic E-state index is 13.3. The van der Waals surface area contributed by atoms with Gasteiger partial charge in [0.15, 0.2) is 0 Å². The number of likely N-dealkylation sites (tertiary alicyclic amines) is 2. The van der Waals surface area contributed by atoms with Crippen LogP contribution in [0.5, 0.6) is 5.75 Å².